The Labute approximate surface area is 174 Å². The molecule has 7 heteroatoms. The van der Waals surface area contributed by atoms with Crippen molar-refractivity contribution in [1.82, 2.24) is 0 Å². The lowest BCUT2D eigenvalue weighted by molar-refractivity contribution is -0.124. The molecule has 2 aromatic rings. The molecule has 3 amide bonds. The highest BCUT2D eigenvalue weighted by molar-refractivity contribution is 6.19. The molecule has 4 rings (SSSR count). The Balaban J connectivity index is 1.36. The molecule has 0 saturated carbocycles. The van der Waals surface area contributed by atoms with Crippen molar-refractivity contribution in [3.05, 3.63) is 59.2 Å². The maximum Gasteiger partial charge on any atom is 0.338 e. The summed E-state index contributed by atoms with van der Waals surface area (Å²) in [6.45, 7) is 1.51. The number of ether oxygens (including phenoxy) is 1. The number of rotatable bonds is 5. The van der Waals surface area contributed by atoms with Crippen LogP contribution in [0.5, 0.6) is 0 Å². The smallest absolute Gasteiger partial charge is 0.338 e. The third-order valence-corrected chi connectivity index (χ3v) is 5.43. The van der Waals surface area contributed by atoms with Crippen molar-refractivity contribution in [1.29, 1.82) is 0 Å². The van der Waals surface area contributed by atoms with E-state index in [9.17, 15) is 19.2 Å². The van der Waals surface area contributed by atoms with Crippen LogP contribution in [-0.2, 0) is 32.0 Å². The highest BCUT2D eigenvalue weighted by Crippen LogP contribution is 2.25. The van der Waals surface area contributed by atoms with Gasteiger partial charge in [0.25, 0.3) is 5.91 Å². The van der Waals surface area contributed by atoms with Crippen LogP contribution in [-0.4, -0.2) is 29.8 Å². The van der Waals surface area contributed by atoms with Crippen molar-refractivity contribution in [3.8, 4) is 0 Å². The first-order chi connectivity index (χ1) is 14.4. The number of amides is 3. The maximum atomic E-state index is 12.4. The van der Waals surface area contributed by atoms with Gasteiger partial charge in [0.2, 0.25) is 11.8 Å². The van der Waals surface area contributed by atoms with Crippen LogP contribution in [0.3, 0.4) is 0 Å². The summed E-state index contributed by atoms with van der Waals surface area (Å²) in [7, 11) is 0. The van der Waals surface area contributed by atoms with Gasteiger partial charge in [0.15, 0.2) is 6.10 Å². The van der Waals surface area contributed by atoms with E-state index in [1.165, 1.54) is 42.3 Å². The van der Waals surface area contributed by atoms with Crippen LogP contribution in [0.15, 0.2) is 42.5 Å². The van der Waals surface area contributed by atoms with Crippen LogP contribution in [0.2, 0.25) is 0 Å². The molecule has 154 valence electrons. The lowest BCUT2D eigenvalue weighted by Gasteiger charge is -2.16. The van der Waals surface area contributed by atoms with Crippen LogP contribution in [0.1, 0.15) is 47.7 Å². The first kappa shape index (κ1) is 19.8. The summed E-state index contributed by atoms with van der Waals surface area (Å²) < 4.78 is 5.27. The van der Waals surface area contributed by atoms with E-state index in [-0.39, 0.29) is 30.2 Å². The van der Waals surface area contributed by atoms with Gasteiger partial charge in [-0.3, -0.25) is 19.3 Å². The molecule has 0 bridgehead atoms. The van der Waals surface area contributed by atoms with Crippen LogP contribution in [0.25, 0.3) is 0 Å². The zero-order chi connectivity index (χ0) is 21.3. The first-order valence-corrected chi connectivity index (χ1v) is 10.0. The van der Waals surface area contributed by atoms with Crippen molar-refractivity contribution < 1.29 is 23.9 Å². The molecule has 2 aliphatic rings. The van der Waals surface area contributed by atoms with Gasteiger partial charge in [-0.25, -0.2) is 4.79 Å². The van der Waals surface area contributed by atoms with E-state index >= 15 is 0 Å². The van der Waals surface area contributed by atoms with Crippen LogP contribution in [0, 0.1) is 0 Å². The van der Waals surface area contributed by atoms with E-state index < -0.39 is 18.0 Å². The van der Waals surface area contributed by atoms with Gasteiger partial charge in [-0.2, -0.15) is 0 Å². The molecular formula is C23H22N2O5. The Bertz CT molecular complexity index is 1010. The number of hydrogen-bond acceptors (Lipinski definition) is 5. The van der Waals surface area contributed by atoms with E-state index in [4.69, 9.17) is 4.74 Å². The average Bonchev–Trinajstić information content (AvgIpc) is 3.33. The fraction of sp³-hybridized carbons (Fsp3) is 0.304. The van der Waals surface area contributed by atoms with Crippen LogP contribution in [0.4, 0.5) is 11.4 Å². The highest BCUT2D eigenvalue weighted by atomic mass is 16.5. The average molecular weight is 406 g/mol. The van der Waals surface area contributed by atoms with Gasteiger partial charge >= 0.3 is 5.97 Å². The van der Waals surface area contributed by atoms with E-state index in [1.807, 2.05) is 18.2 Å². The van der Waals surface area contributed by atoms with Crippen molar-refractivity contribution in [3.63, 3.8) is 0 Å². The fourth-order valence-corrected chi connectivity index (χ4v) is 3.79. The second kappa shape index (κ2) is 8.10. The number of anilines is 2. The SMILES string of the molecule is C[C@@H](OC(=O)c1ccc(N2C(=O)CCC2=O)cc1)C(=O)Nc1ccc2c(c1)CCC2. The molecule has 7 nitrogen and oxygen atoms in total. The van der Waals surface area contributed by atoms with E-state index in [0.29, 0.717) is 11.4 Å². The summed E-state index contributed by atoms with van der Waals surface area (Å²) in [5.74, 6) is -1.58. The first-order valence-electron chi connectivity index (χ1n) is 10.0. The Morgan fingerprint density at radius 1 is 0.933 bits per heavy atom. The summed E-state index contributed by atoms with van der Waals surface area (Å²) in [5.41, 5.74) is 3.89. The number of carbonyl (C=O) groups is 4. The zero-order valence-corrected chi connectivity index (χ0v) is 16.6. The van der Waals surface area contributed by atoms with Gasteiger partial charge in [-0.1, -0.05) is 6.07 Å². The standard InChI is InChI=1S/C23H22N2O5/c1-14(22(28)24-18-8-5-15-3-2-4-17(15)13-18)30-23(29)16-6-9-19(10-7-16)25-20(26)11-12-21(25)27/h5-10,13-14H,2-4,11-12H2,1H3,(H,24,28)/t14-/m1/s1. The number of imide groups is 1. The van der Waals surface area contributed by atoms with Crippen molar-refractivity contribution >= 4 is 35.1 Å². The number of nitrogens with one attached hydrogen (secondary N) is 1. The summed E-state index contributed by atoms with van der Waals surface area (Å²) in [6.07, 6.45) is 2.61. The minimum absolute atomic E-state index is 0.194. The van der Waals surface area contributed by atoms with Gasteiger partial charge in [0.05, 0.1) is 11.3 Å². The molecule has 1 aliphatic carbocycles. The molecule has 1 aliphatic heterocycles. The Kier molecular flexibility index (Phi) is 5.35. The number of benzene rings is 2. The minimum atomic E-state index is -0.979. The molecule has 1 saturated heterocycles. The second-order valence-corrected chi connectivity index (χ2v) is 7.54. The van der Waals surface area contributed by atoms with E-state index in [1.54, 1.807) is 0 Å². The normalized spacial score (nSPS) is 16.4. The molecule has 1 N–H and O–H groups in total. The van der Waals surface area contributed by atoms with Gasteiger partial charge in [0, 0.05) is 18.5 Å². The van der Waals surface area contributed by atoms with Gasteiger partial charge in [-0.15, -0.1) is 0 Å². The van der Waals surface area contributed by atoms with Crippen LogP contribution >= 0.6 is 0 Å². The van der Waals surface area contributed by atoms with Crippen molar-refractivity contribution in [2.75, 3.05) is 10.2 Å². The molecule has 0 aromatic heterocycles. The molecule has 0 unspecified atom stereocenters. The molecule has 2 aromatic carbocycles. The number of carbonyl (C=O) groups excluding carboxylic acids is 4. The number of esters is 1. The second-order valence-electron chi connectivity index (χ2n) is 7.54. The quantitative estimate of drug-likeness (QED) is 0.609. The van der Waals surface area contributed by atoms with Crippen molar-refractivity contribution in [2.45, 2.75) is 45.1 Å². The molecule has 1 fully saturated rings. The Morgan fingerprint density at radius 2 is 1.60 bits per heavy atom. The minimum Gasteiger partial charge on any atom is -0.449 e. The lowest BCUT2D eigenvalue weighted by atomic mass is 10.1. The van der Waals surface area contributed by atoms with Crippen molar-refractivity contribution in [2.24, 2.45) is 0 Å². The fourth-order valence-electron chi connectivity index (χ4n) is 3.79. The van der Waals surface area contributed by atoms with Crippen LogP contribution < -0.4 is 10.2 Å². The topological polar surface area (TPSA) is 92.8 Å². The Morgan fingerprint density at radius 3 is 2.30 bits per heavy atom. The number of aryl methyl sites for hydroxylation is 2. The van der Waals surface area contributed by atoms with Gasteiger partial charge < -0.3 is 10.1 Å². The predicted molar refractivity (Wildman–Crippen MR) is 110 cm³/mol. The lowest BCUT2D eigenvalue weighted by Crippen LogP contribution is -2.30. The number of hydrogen-bond donors (Lipinski definition) is 1. The molecule has 1 atom stereocenters. The summed E-state index contributed by atoms with van der Waals surface area (Å²) in [5, 5.41) is 2.79. The summed E-state index contributed by atoms with van der Waals surface area (Å²) in [6, 6.07) is 11.8. The largest absolute Gasteiger partial charge is 0.449 e. The highest BCUT2D eigenvalue weighted by Gasteiger charge is 2.30. The monoisotopic (exact) mass is 406 g/mol. The maximum absolute atomic E-state index is 12.4. The molecular weight excluding hydrogens is 384 g/mol. The number of nitrogens with zero attached hydrogens (tertiary/aromatic N) is 1. The third-order valence-electron chi connectivity index (χ3n) is 5.43. The Hall–Kier alpha value is -3.48. The summed E-state index contributed by atoms with van der Waals surface area (Å²) >= 11 is 0. The van der Waals surface area contributed by atoms with Gasteiger partial charge in [-0.05, 0) is 73.7 Å². The predicted octanol–water partition coefficient (Wildman–Crippen LogP) is 3.01. The zero-order valence-electron chi connectivity index (χ0n) is 16.6. The van der Waals surface area contributed by atoms with E-state index in [0.717, 1.165) is 24.2 Å². The molecule has 0 spiro atoms. The van der Waals surface area contributed by atoms with Gasteiger partial charge in [0.1, 0.15) is 0 Å². The number of fused-ring (bicyclic) bond motifs is 1. The summed E-state index contributed by atoms with van der Waals surface area (Å²) in [4.78, 5) is 49.5. The molecule has 1 heterocycles. The molecule has 30 heavy (non-hydrogen) atoms. The van der Waals surface area contributed by atoms with E-state index in [2.05, 4.69) is 5.32 Å². The molecule has 0 radical (unpaired) electrons. The third kappa shape index (κ3) is 3.96.